The Labute approximate surface area is 206 Å². The highest BCUT2D eigenvalue weighted by Gasteiger charge is 2.20. The number of carboxylic acids is 1. The second-order valence-corrected chi connectivity index (χ2v) is 9.50. The van der Waals surface area contributed by atoms with Crippen molar-refractivity contribution in [1.29, 1.82) is 5.26 Å². The van der Waals surface area contributed by atoms with Gasteiger partial charge in [0.15, 0.2) is 0 Å². The number of ether oxygens (including phenoxy) is 1. The molecule has 3 aromatic rings. The van der Waals surface area contributed by atoms with E-state index < -0.39 is 12.1 Å². The van der Waals surface area contributed by atoms with Crippen LogP contribution in [0.2, 0.25) is 0 Å². The highest BCUT2D eigenvalue weighted by atomic mass is 16.5. The van der Waals surface area contributed by atoms with Gasteiger partial charge in [0.25, 0.3) is 0 Å². The van der Waals surface area contributed by atoms with Crippen LogP contribution >= 0.6 is 0 Å². The molecule has 0 saturated heterocycles. The number of nitrogens with zero attached hydrogens (tertiary/aromatic N) is 1. The molecule has 0 aliphatic heterocycles. The summed E-state index contributed by atoms with van der Waals surface area (Å²) in [4.78, 5) is 11.6. The topological polar surface area (TPSA) is 103 Å². The Morgan fingerprint density at radius 2 is 1.83 bits per heavy atom. The molecule has 35 heavy (non-hydrogen) atoms. The summed E-state index contributed by atoms with van der Waals surface area (Å²) in [7, 11) is 0. The summed E-state index contributed by atoms with van der Waals surface area (Å²) >= 11 is 0. The van der Waals surface area contributed by atoms with E-state index in [9.17, 15) is 20.3 Å². The van der Waals surface area contributed by atoms with Crippen molar-refractivity contribution in [1.82, 2.24) is 5.32 Å². The summed E-state index contributed by atoms with van der Waals surface area (Å²) in [5.41, 5.74) is 5.15. The maximum atomic E-state index is 11.6. The molecule has 0 saturated carbocycles. The molecule has 0 heterocycles. The van der Waals surface area contributed by atoms with Crippen molar-refractivity contribution >= 4 is 5.97 Å². The van der Waals surface area contributed by atoms with Gasteiger partial charge in [-0.1, -0.05) is 42.5 Å². The maximum Gasteiger partial charge on any atom is 0.336 e. The molecule has 182 valence electrons. The van der Waals surface area contributed by atoms with E-state index in [0.717, 1.165) is 6.42 Å². The highest BCUT2D eigenvalue weighted by Crippen LogP contribution is 2.29. The SMILES string of the molecule is Cc1ccc(CC(C)(C)NCC(O)COc2cc(-c3ccccc3C(=O)O)ccc2C#N)cc1C. The van der Waals surface area contributed by atoms with Gasteiger partial charge in [-0.15, -0.1) is 0 Å². The number of carbonyl (C=O) groups is 1. The number of aliphatic hydroxyl groups excluding tert-OH is 1. The van der Waals surface area contributed by atoms with Gasteiger partial charge >= 0.3 is 5.97 Å². The van der Waals surface area contributed by atoms with E-state index in [2.05, 4.69) is 57.3 Å². The Morgan fingerprint density at radius 3 is 2.51 bits per heavy atom. The molecule has 0 aromatic heterocycles. The number of carboxylic acid groups (broad SMARTS) is 1. The second-order valence-electron chi connectivity index (χ2n) is 9.50. The summed E-state index contributed by atoms with van der Waals surface area (Å²) in [6.07, 6.45) is 0.0150. The predicted octanol–water partition coefficient (Wildman–Crippen LogP) is 4.89. The van der Waals surface area contributed by atoms with Gasteiger partial charge in [0.2, 0.25) is 0 Å². The van der Waals surface area contributed by atoms with E-state index in [1.165, 1.54) is 22.8 Å². The Morgan fingerprint density at radius 1 is 1.09 bits per heavy atom. The zero-order chi connectivity index (χ0) is 25.6. The quantitative estimate of drug-likeness (QED) is 0.388. The molecule has 6 nitrogen and oxygen atoms in total. The first-order valence-corrected chi connectivity index (χ1v) is 11.6. The fourth-order valence-corrected chi connectivity index (χ4v) is 3.95. The van der Waals surface area contributed by atoms with Gasteiger partial charge in [0, 0.05) is 12.1 Å². The number of hydrogen-bond acceptors (Lipinski definition) is 5. The van der Waals surface area contributed by atoms with Gasteiger partial charge in [0.05, 0.1) is 11.1 Å². The number of nitriles is 1. The van der Waals surface area contributed by atoms with Gasteiger partial charge < -0.3 is 20.3 Å². The number of nitrogens with one attached hydrogen (secondary N) is 1. The number of β-amino-alcohol motifs (C(OH)–C–C–N with tert-alkyl or cyclic N) is 1. The van der Waals surface area contributed by atoms with Gasteiger partial charge in [-0.2, -0.15) is 5.26 Å². The van der Waals surface area contributed by atoms with Gasteiger partial charge in [-0.25, -0.2) is 4.79 Å². The van der Waals surface area contributed by atoms with Crippen LogP contribution in [0.1, 0.15) is 46.5 Å². The monoisotopic (exact) mass is 472 g/mol. The molecule has 3 aromatic carbocycles. The van der Waals surface area contributed by atoms with E-state index in [1.807, 2.05) is 0 Å². The first-order chi connectivity index (χ1) is 16.6. The molecule has 1 unspecified atom stereocenters. The summed E-state index contributed by atoms with van der Waals surface area (Å²) in [5, 5.41) is 32.9. The maximum absolute atomic E-state index is 11.6. The van der Waals surface area contributed by atoms with E-state index in [4.69, 9.17) is 4.74 Å². The normalized spacial score (nSPS) is 12.1. The summed E-state index contributed by atoms with van der Waals surface area (Å²) < 4.78 is 5.80. The standard InChI is InChI=1S/C29H32N2O4/c1-19-9-10-21(13-20(19)2)15-29(3,4)31-17-24(32)18-35-27-14-22(11-12-23(27)16-30)25-7-5-6-8-26(25)28(33)34/h5-14,24,31-32H,15,17-18H2,1-4H3,(H,33,34). The smallest absolute Gasteiger partial charge is 0.336 e. The highest BCUT2D eigenvalue weighted by molar-refractivity contribution is 5.96. The third kappa shape index (κ3) is 6.92. The molecule has 3 N–H and O–H groups in total. The fourth-order valence-electron chi connectivity index (χ4n) is 3.95. The Bertz CT molecular complexity index is 1240. The van der Waals surface area contributed by atoms with Crippen LogP contribution in [0.15, 0.2) is 60.7 Å². The number of rotatable bonds is 10. The minimum absolute atomic E-state index is 0.00850. The largest absolute Gasteiger partial charge is 0.489 e. The molecule has 0 aliphatic rings. The van der Waals surface area contributed by atoms with Crippen LogP contribution in [0.25, 0.3) is 11.1 Å². The predicted molar refractivity (Wildman–Crippen MR) is 137 cm³/mol. The van der Waals surface area contributed by atoms with Crippen LogP contribution in [-0.2, 0) is 6.42 Å². The lowest BCUT2D eigenvalue weighted by Crippen LogP contribution is -2.46. The van der Waals surface area contributed by atoms with Crippen LogP contribution < -0.4 is 10.1 Å². The number of benzene rings is 3. The van der Waals surface area contributed by atoms with Crippen molar-refractivity contribution in [2.24, 2.45) is 0 Å². The van der Waals surface area contributed by atoms with Crippen molar-refractivity contribution < 1.29 is 19.7 Å². The summed E-state index contributed by atoms with van der Waals surface area (Å²) in [6.45, 7) is 8.69. The molecule has 0 amide bonds. The van der Waals surface area contributed by atoms with E-state index in [-0.39, 0.29) is 17.7 Å². The summed E-state index contributed by atoms with van der Waals surface area (Å²) in [6, 6.07) is 20.1. The van der Waals surface area contributed by atoms with Crippen LogP contribution in [0.3, 0.4) is 0 Å². The fraction of sp³-hybridized carbons (Fsp3) is 0.310. The second kappa shape index (κ2) is 11.2. The average Bonchev–Trinajstić information content (AvgIpc) is 2.83. The first-order valence-electron chi connectivity index (χ1n) is 11.6. The lowest BCUT2D eigenvalue weighted by molar-refractivity contribution is 0.0697. The molecule has 6 heteroatoms. The molecular formula is C29H32N2O4. The van der Waals surface area contributed by atoms with Crippen LogP contribution in [-0.4, -0.2) is 41.0 Å². The molecule has 0 spiro atoms. The molecule has 0 bridgehead atoms. The lowest BCUT2D eigenvalue weighted by atomic mass is 9.93. The number of aryl methyl sites for hydroxylation is 2. The number of aliphatic hydroxyl groups is 1. The van der Waals surface area contributed by atoms with Crippen LogP contribution in [0.4, 0.5) is 0 Å². The minimum atomic E-state index is -1.03. The van der Waals surface area contributed by atoms with Crippen molar-refractivity contribution in [3.05, 3.63) is 88.5 Å². The molecule has 3 rings (SSSR count). The number of hydrogen-bond donors (Lipinski definition) is 3. The van der Waals surface area contributed by atoms with Crippen LogP contribution in [0.5, 0.6) is 5.75 Å². The Kier molecular flexibility index (Phi) is 8.29. The van der Waals surface area contributed by atoms with E-state index in [1.54, 1.807) is 36.4 Å². The van der Waals surface area contributed by atoms with Crippen molar-refractivity contribution in [3.8, 4) is 22.9 Å². The Hall–Kier alpha value is -3.66. The zero-order valence-corrected chi connectivity index (χ0v) is 20.6. The van der Waals surface area contributed by atoms with E-state index >= 15 is 0 Å². The number of aromatic carboxylic acids is 1. The van der Waals surface area contributed by atoms with Gasteiger partial charge in [-0.3, -0.25) is 0 Å². The van der Waals surface area contributed by atoms with Crippen LogP contribution in [0, 0.1) is 25.2 Å². The molecule has 0 fully saturated rings. The van der Waals surface area contributed by atoms with E-state index in [0.29, 0.717) is 29.0 Å². The minimum Gasteiger partial charge on any atom is -0.489 e. The third-order valence-electron chi connectivity index (χ3n) is 6.04. The first kappa shape index (κ1) is 26.0. The average molecular weight is 473 g/mol. The molecule has 0 radical (unpaired) electrons. The summed E-state index contributed by atoms with van der Waals surface area (Å²) in [5.74, 6) is -0.726. The molecular weight excluding hydrogens is 440 g/mol. The van der Waals surface area contributed by atoms with Crippen molar-refractivity contribution in [2.75, 3.05) is 13.2 Å². The Balaban J connectivity index is 1.64. The zero-order valence-electron chi connectivity index (χ0n) is 20.6. The molecule has 1 atom stereocenters. The van der Waals surface area contributed by atoms with Gasteiger partial charge in [0.1, 0.15) is 24.5 Å². The third-order valence-corrected chi connectivity index (χ3v) is 6.04. The van der Waals surface area contributed by atoms with Gasteiger partial charge in [-0.05, 0) is 80.1 Å². The van der Waals surface area contributed by atoms with Crippen molar-refractivity contribution in [3.63, 3.8) is 0 Å². The lowest BCUT2D eigenvalue weighted by Gasteiger charge is -2.28. The molecule has 0 aliphatic carbocycles. The van der Waals surface area contributed by atoms with Crippen molar-refractivity contribution in [2.45, 2.75) is 45.8 Å².